The van der Waals surface area contributed by atoms with E-state index in [0.717, 1.165) is 0 Å². The first-order valence-electron chi connectivity index (χ1n) is 2.29. The Bertz CT molecular complexity index is 214. The fraction of sp³-hybridized carbons (Fsp3) is 0. The van der Waals surface area contributed by atoms with Gasteiger partial charge in [-0.3, -0.25) is 0 Å². The van der Waals surface area contributed by atoms with Crippen molar-refractivity contribution in [1.82, 2.24) is 0 Å². The van der Waals surface area contributed by atoms with Gasteiger partial charge in [0, 0.05) is 0 Å². The first kappa shape index (κ1) is 7.42. The first-order valence-corrected chi connectivity index (χ1v) is 2.29. The van der Waals surface area contributed by atoms with Gasteiger partial charge in [-0.1, -0.05) is 18.7 Å². The lowest BCUT2D eigenvalue weighted by molar-refractivity contribution is 0.568. The average molecular weight is 119 g/mol. The largest absolute Gasteiger partial charge is 0.232 e. The summed E-state index contributed by atoms with van der Waals surface area (Å²) < 4.78 is 0. The van der Waals surface area contributed by atoms with Crippen LogP contribution in [0.3, 0.4) is 0 Å². The van der Waals surface area contributed by atoms with E-state index < -0.39 is 0 Å². The summed E-state index contributed by atoms with van der Waals surface area (Å²) in [6, 6.07) is 1.64. The van der Waals surface area contributed by atoms with Crippen LogP contribution in [0.5, 0.6) is 0 Å². The predicted molar refractivity (Wildman–Crippen MR) is 34.2 cm³/mol. The van der Waals surface area contributed by atoms with Crippen molar-refractivity contribution in [3.05, 3.63) is 30.4 Å². The van der Waals surface area contributed by atoms with Crippen molar-refractivity contribution in [3.8, 4) is 6.07 Å². The molecule has 0 bridgehead atoms. The molecule has 0 spiro atoms. The van der Waals surface area contributed by atoms with Crippen LogP contribution >= 0.6 is 0 Å². The number of allylic oxidation sites excluding steroid dienone is 4. The maximum atomic E-state index is 9.77. The molecule has 0 aliphatic carbocycles. The number of rotatable bonds is 2. The Morgan fingerprint density at radius 3 is 2.67 bits per heavy atom. The molecule has 0 saturated heterocycles. The minimum Gasteiger partial charge on any atom is -0.232 e. The van der Waals surface area contributed by atoms with Crippen molar-refractivity contribution in [2.24, 2.45) is 0 Å². The van der Waals surface area contributed by atoms with E-state index in [-0.39, 0.29) is 5.57 Å². The molecule has 0 atom stereocenters. The lowest BCUT2D eigenvalue weighted by Crippen LogP contribution is -1.68. The van der Waals surface area contributed by atoms with Crippen molar-refractivity contribution in [3.63, 3.8) is 0 Å². The van der Waals surface area contributed by atoms with Crippen LogP contribution in [0, 0.1) is 11.3 Å². The molecule has 9 heavy (non-hydrogen) atoms. The molecule has 0 amide bonds. The lowest BCUT2D eigenvalue weighted by atomic mass is 10.3. The van der Waals surface area contributed by atoms with Gasteiger partial charge in [-0.15, -0.1) is 0 Å². The predicted octanol–water partition coefficient (Wildman–Crippen LogP) is 1.01. The molecular formula is C7H5NO. The van der Waals surface area contributed by atoms with Gasteiger partial charge in [-0.2, -0.15) is 5.26 Å². The normalized spacial score (nSPS) is 7.89. The summed E-state index contributed by atoms with van der Waals surface area (Å²) in [6.45, 7) is 3.36. The third kappa shape index (κ3) is 3.04. The van der Waals surface area contributed by atoms with Gasteiger partial charge in [0.25, 0.3) is 0 Å². The Morgan fingerprint density at radius 1 is 1.67 bits per heavy atom. The number of nitrogens with zero attached hydrogens (tertiary/aromatic N) is 1. The molecule has 2 nitrogen and oxygen atoms in total. The molecule has 0 radical (unpaired) electrons. The second-order valence-corrected chi connectivity index (χ2v) is 1.22. The lowest BCUT2D eigenvalue weighted by Gasteiger charge is -1.71. The Morgan fingerprint density at radius 2 is 2.33 bits per heavy atom. The molecule has 0 aliphatic heterocycles. The van der Waals surface area contributed by atoms with Gasteiger partial charge in [0.15, 0.2) is 0 Å². The maximum absolute atomic E-state index is 9.77. The minimum atomic E-state index is -0.0186. The summed E-state index contributed by atoms with van der Waals surface area (Å²) in [5.74, 6) is 1.46. The number of nitriles is 1. The molecule has 0 aromatic carbocycles. The fourth-order valence-electron chi connectivity index (χ4n) is 0.258. The van der Waals surface area contributed by atoms with Crippen molar-refractivity contribution in [2.45, 2.75) is 0 Å². The second-order valence-electron chi connectivity index (χ2n) is 1.22. The van der Waals surface area contributed by atoms with Crippen LogP contribution in [0.25, 0.3) is 0 Å². The zero-order chi connectivity index (χ0) is 7.11. The molecule has 0 aliphatic rings. The SMILES string of the molecule is C=CC=CC(=C=O)C#N. The van der Waals surface area contributed by atoms with Crippen LogP contribution in [0.2, 0.25) is 0 Å². The zero-order valence-corrected chi connectivity index (χ0v) is 4.79. The topological polar surface area (TPSA) is 40.9 Å². The van der Waals surface area contributed by atoms with Gasteiger partial charge in [0.1, 0.15) is 17.6 Å². The standard InChI is InChI=1S/C7H5NO/c1-2-3-4-7(5-8)6-9/h2-4H,1H2. The van der Waals surface area contributed by atoms with Crippen molar-refractivity contribution in [2.75, 3.05) is 0 Å². The molecule has 44 valence electrons. The van der Waals surface area contributed by atoms with E-state index in [2.05, 4.69) is 6.58 Å². The van der Waals surface area contributed by atoms with E-state index in [1.807, 2.05) is 0 Å². The highest BCUT2D eigenvalue weighted by atomic mass is 16.1. The summed E-state index contributed by atoms with van der Waals surface area (Å²) in [5, 5.41) is 8.12. The van der Waals surface area contributed by atoms with Crippen LogP contribution in [0.1, 0.15) is 0 Å². The second kappa shape index (κ2) is 4.58. The van der Waals surface area contributed by atoms with E-state index in [4.69, 9.17) is 5.26 Å². The Hall–Kier alpha value is -1.58. The highest BCUT2D eigenvalue weighted by Crippen LogP contribution is 1.86. The molecule has 2 heteroatoms. The molecule has 0 N–H and O–H groups in total. The van der Waals surface area contributed by atoms with E-state index in [1.165, 1.54) is 24.2 Å². The smallest absolute Gasteiger partial charge is 0.143 e. The Balaban J connectivity index is 4.23. The summed E-state index contributed by atoms with van der Waals surface area (Å²) in [5.41, 5.74) is -0.0186. The molecule has 0 fully saturated rings. The molecule has 0 aromatic rings. The monoisotopic (exact) mass is 119 g/mol. The van der Waals surface area contributed by atoms with E-state index in [0.29, 0.717) is 0 Å². The van der Waals surface area contributed by atoms with Gasteiger partial charge in [0.05, 0.1) is 0 Å². The summed E-state index contributed by atoms with van der Waals surface area (Å²) in [4.78, 5) is 9.77. The average Bonchev–Trinajstić information content (AvgIpc) is 1.91. The van der Waals surface area contributed by atoms with E-state index in [1.54, 1.807) is 6.07 Å². The third-order valence-corrected chi connectivity index (χ3v) is 0.629. The maximum Gasteiger partial charge on any atom is 0.143 e. The first-order chi connectivity index (χ1) is 4.35. The van der Waals surface area contributed by atoms with Gasteiger partial charge in [-0.05, 0) is 6.08 Å². The van der Waals surface area contributed by atoms with Gasteiger partial charge < -0.3 is 0 Å². The fourth-order valence-corrected chi connectivity index (χ4v) is 0.258. The van der Waals surface area contributed by atoms with E-state index in [9.17, 15) is 4.79 Å². The van der Waals surface area contributed by atoms with Gasteiger partial charge in [-0.25, -0.2) is 4.79 Å². The molecule has 0 aromatic heterocycles. The van der Waals surface area contributed by atoms with Crippen LogP contribution < -0.4 is 0 Å². The van der Waals surface area contributed by atoms with Crippen LogP contribution in [-0.2, 0) is 4.79 Å². The minimum absolute atomic E-state index is 0.0186. The third-order valence-electron chi connectivity index (χ3n) is 0.629. The summed E-state index contributed by atoms with van der Waals surface area (Å²) >= 11 is 0. The number of carbonyl (C=O) groups excluding carboxylic acids is 1. The highest BCUT2D eigenvalue weighted by Gasteiger charge is 1.82. The van der Waals surface area contributed by atoms with E-state index >= 15 is 0 Å². The molecule has 0 heterocycles. The quantitative estimate of drug-likeness (QED) is 0.309. The van der Waals surface area contributed by atoms with Gasteiger partial charge >= 0.3 is 0 Å². The summed E-state index contributed by atoms with van der Waals surface area (Å²) in [6.07, 6.45) is 4.33. The molecular weight excluding hydrogens is 114 g/mol. The summed E-state index contributed by atoms with van der Waals surface area (Å²) in [7, 11) is 0. The molecule has 0 saturated carbocycles. The Kier molecular flexibility index (Phi) is 3.77. The van der Waals surface area contributed by atoms with Crippen molar-refractivity contribution in [1.29, 1.82) is 5.26 Å². The van der Waals surface area contributed by atoms with Crippen LogP contribution in [0.15, 0.2) is 30.4 Å². The highest BCUT2D eigenvalue weighted by molar-refractivity contribution is 5.63. The van der Waals surface area contributed by atoms with Crippen LogP contribution in [0.4, 0.5) is 0 Å². The zero-order valence-electron chi connectivity index (χ0n) is 4.79. The molecule has 0 rings (SSSR count). The Labute approximate surface area is 53.4 Å². The number of hydrogen-bond acceptors (Lipinski definition) is 2. The number of hydrogen-bond donors (Lipinski definition) is 0. The molecule has 0 unspecified atom stereocenters. The van der Waals surface area contributed by atoms with Gasteiger partial charge in [0.2, 0.25) is 0 Å². The van der Waals surface area contributed by atoms with Crippen LogP contribution in [-0.4, -0.2) is 5.94 Å². The van der Waals surface area contributed by atoms with Crippen molar-refractivity contribution < 1.29 is 4.79 Å². The van der Waals surface area contributed by atoms with Crippen molar-refractivity contribution >= 4 is 5.94 Å².